The van der Waals surface area contributed by atoms with Gasteiger partial charge in [-0.25, -0.2) is 13.2 Å². The average Bonchev–Trinajstić information content (AvgIpc) is 3.65. The summed E-state index contributed by atoms with van der Waals surface area (Å²) in [5.74, 6) is -1.95. The Morgan fingerprint density at radius 2 is 1.82 bits per heavy atom. The van der Waals surface area contributed by atoms with Crippen LogP contribution in [0.5, 0.6) is 11.8 Å². The van der Waals surface area contributed by atoms with E-state index in [2.05, 4.69) is 19.9 Å². The van der Waals surface area contributed by atoms with E-state index in [4.69, 9.17) is 4.74 Å². The zero-order valence-corrected chi connectivity index (χ0v) is 21.6. The molecule has 2 aromatic heterocycles. The molecular weight excluding hydrogens is 505 g/mol. The van der Waals surface area contributed by atoms with E-state index in [0.29, 0.717) is 41.4 Å². The number of aromatic nitrogens is 3. The van der Waals surface area contributed by atoms with Gasteiger partial charge in [-0.1, -0.05) is 24.3 Å². The quantitative estimate of drug-likeness (QED) is 0.295. The molecule has 2 atom stereocenters. The Bertz CT molecular complexity index is 1590. The maximum absolute atomic E-state index is 16.4. The van der Waals surface area contributed by atoms with E-state index < -0.39 is 17.2 Å². The highest BCUT2D eigenvalue weighted by atomic mass is 19.3. The molecule has 0 spiro atoms. The fraction of sp³-hybridized carbons (Fsp3) is 0.433. The van der Waals surface area contributed by atoms with E-state index in [9.17, 15) is 13.9 Å². The molecule has 1 N–H and O–H groups in total. The first-order valence-corrected chi connectivity index (χ1v) is 13.5. The molecule has 202 valence electrons. The van der Waals surface area contributed by atoms with Crippen LogP contribution in [-0.4, -0.2) is 45.7 Å². The molecule has 2 bridgehead atoms. The number of piperidine rings is 1. The lowest BCUT2D eigenvalue weighted by Crippen LogP contribution is -2.37. The number of pyridine rings is 1. The molecule has 3 aliphatic rings. The van der Waals surface area contributed by atoms with Crippen LogP contribution < -0.4 is 9.64 Å². The second kappa shape index (κ2) is 8.69. The standard InChI is InChI=1S/C30H29F3N4O2/c1-29(32,33)30(8-9-30)16-39-28-35-26-23(27(36-28)37-14-17-6-7-18(10-17)15-37)13-34-25(24(26)31)22-12-20(38)11-19-4-2-3-5-21(19)22/h2-5,11-13,17-18,38H,6-10,14-16H2,1H3. The third kappa shape index (κ3) is 4.13. The number of rotatable bonds is 6. The van der Waals surface area contributed by atoms with E-state index in [-0.39, 0.29) is 29.6 Å². The Balaban J connectivity index is 1.36. The van der Waals surface area contributed by atoms with Gasteiger partial charge in [-0.3, -0.25) is 4.98 Å². The minimum Gasteiger partial charge on any atom is -0.508 e. The number of ether oxygens (including phenoxy) is 1. The van der Waals surface area contributed by atoms with Crippen molar-refractivity contribution in [2.24, 2.45) is 17.3 Å². The van der Waals surface area contributed by atoms with Crippen LogP contribution >= 0.6 is 0 Å². The zero-order valence-electron chi connectivity index (χ0n) is 21.6. The van der Waals surface area contributed by atoms with Crippen LogP contribution in [-0.2, 0) is 0 Å². The molecule has 7 rings (SSSR count). The first kappa shape index (κ1) is 24.4. The van der Waals surface area contributed by atoms with Crippen LogP contribution in [0.2, 0.25) is 0 Å². The summed E-state index contributed by atoms with van der Waals surface area (Å²) in [6, 6.07) is 10.4. The molecule has 1 saturated heterocycles. The normalized spacial score (nSPS) is 22.0. The summed E-state index contributed by atoms with van der Waals surface area (Å²) in [5, 5.41) is 12.3. The highest BCUT2D eigenvalue weighted by Gasteiger charge is 2.59. The second-order valence-electron chi connectivity index (χ2n) is 11.6. The summed E-state index contributed by atoms with van der Waals surface area (Å²) in [4.78, 5) is 15.7. The van der Waals surface area contributed by atoms with E-state index >= 15 is 4.39 Å². The minimum absolute atomic E-state index is 0.00332. The molecule has 2 saturated carbocycles. The summed E-state index contributed by atoms with van der Waals surface area (Å²) in [7, 11) is 0. The number of phenols is 1. The first-order chi connectivity index (χ1) is 18.7. The van der Waals surface area contributed by atoms with E-state index in [1.54, 1.807) is 12.3 Å². The number of anilines is 1. The van der Waals surface area contributed by atoms with Crippen LogP contribution in [0.25, 0.3) is 32.9 Å². The minimum atomic E-state index is -2.89. The lowest BCUT2D eigenvalue weighted by atomic mass is 9.98. The smallest absolute Gasteiger partial charge is 0.319 e. The summed E-state index contributed by atoms with van der Waals surface area (Å²) < 4.78 is 50.6. The highest BCUT2D eigenvalue weighted by molar-refractivity contribution is 5.99. The number of halogens is 3. The maximum atomic E-state index is 16.4. The molecule has 2 aromatic carbocycles. The Hall–Kier alpha value is -3.62. The van der Waals surface area contributed by atoms with Crippen molar-refractivity contribution >= 4 is 27.5 Å². The van der Waals surface area contributed by atoms with E-state index in [1.165, 1.54) is 12.5 Å². The lowest BCUT2D eigenvalue weighted by Gasteiger charge is -2.33. The maximum Gasteiger partial charge on any atom is 0.319 e. The molecule has 39 heavy (non-hydrogen) atoms. The van der Waals surface area contributed by atoms with Gasteiger partial charge >= 0.3 is 6.01 Å². The number of phenolic OH excluding ortho intramolecular Hbond substituents is 1. The molecule has 2 aliphatic carbocycles. The zero-order chi connectivity index (χ0) is 26.9. The van der Waals surface area contributed by atoms with E-state index in [1.807, 2.05) is 24.3 Å². The van der Waals surface area contributed by atoms with Crippen molar-refractivity contribution in [2.45, 2.75) is 45.0 Å². The summed E-state index contributed by atoms with van der Waals surface area (Å²) in [6.45, 7) is 2.26. The Morgan fingerprint density at radius 3 is 2.54 bits per heavy atom. The number of hydrogen-bond acceptors (Lipinski definition) is 6. The highest BCUT2D eigenvalue weighted by Crippen LogP contribution is 2.56. The van der Waals surface area contributed by atoms with Gasteiger partial charge in [0, 0.05) is 31.8 Å². The fourth-order valence-electron chi connectivity index (χ4n) is 6.45. The third-order valence-corrected chi connectivity index (χ3v) is 8.91. The largest absolute Gasteiger partial charge is 0.508 e. The van der Waals surface area contributed by atoms with Crippen molar-refractivity contribution in [3.8, 4) is 23.0 Å². The summed E-state index contributed by atoms with van der Waals surface area (Å²) >= 11 is 0. The molecule has 0 amide bonds. The molecule has 0 radical (unpaired) electrons. The monoisotopic (exact) mass is 534 g/mol. The van der Waals surface area contributed by atoms with Gasteiger partial charge in [-0.15, -0.1) is 0 Å². The lowest BCUT2D eigenvalue weighted by molar-refractivity contribution is -0.0717. The van der Waals surface area contributed by atoms with Crippen molar-refractivity contribution < 1.29 is 23.0 Å². The molecular formula is C30H29F3N4O2. The molecule has 2 unspecified atom stereocenters. The Morgan fingerprint density at radius 1 is 1.08 bits per heavy atom. The predicted molar refractivity (Wildman–Crippen MR) is 143 cm³/mol. The van der Waals surface area contributed by atoms with Gasteiger partial charge in [0.25, 0.3) is 5.92 Å². The SMILES string of the molecule is CC(F)(F)C1(COc2nc(N3CC4CCC(C4)C3)c3cnc(-c4cc(O)cc5ccccc45)c(F)c3n2)CC1. The number of fused-ring (bicyclic) bond motifs is 4. The van der Waals surface area contributed by atoms with Crippen molar-refractivity contribution in [3.05, 3.63) is 48.4 Å². The number of hydrogen-bond donors (Lipinski definition) is 1. The first-order valence-electron chi connectivity index (χ1n) is 13.5. The molecule has 3 fully saturated rings. The van der Waals surface area contributed by atoms with Gasteiger partial charge in [0.05, 0.1) is 10.8 Å². The number of alkyl halides is 2. The number of aromatic hydroxyl groups is 1. The van der Waals surface area contributed by atoms with Gasteiger partial charge in [0.2, 0.25) is 0 Å². The van der Waals surface area contributed by atoms with Gasteiger partial charge in [-0.2, -0.15) is 9.97 Å². The van der Waals surface area contributed by atoms with Gasteiger partial charge in [0.1, 0.15) is 29.4 Å². The molecule has 4 aromatic rings. The van der Waals surface area contributed by atoms with Crippen molar-refractivity contribution in [1.29, 1.82) is 0 Å². The summed E-state index contributed by atoms with van der Waals surface area (Å²) in [5.41, 5.74) is -0.731. The van der Waals surface area contributed by atoms with Crippen LogP contribution in [0.15, 0.2) is 42.6 Å². The molecule has 3 heterocycles. The Kier molecular flexibility index (Phi) is 5.44. The summed E-state index contributed by atoms with van der Waals surface area (Å²) in [6.07, 6.45) is 5.79. The van der Waals surface area contributed by atoms with Crippen molar-refractivity contribution in [3.63, 3.8) is 0 Å². The third-order valence-electron chi connectivity index (χ3n) is 8.91. The van der Waals surface area contributed by atoms with Crippen molar-refractivity contribution in [2.75, 3.05) is 24.6 Å². The van der Waals surface area contributed by atoms with E-state index in [0.717, 1.165) is 43.6 Å². The van der Waals surface area contributed by atoms with Crippen LogP contribution in [0.1, 0.15) is 39.0 Å². The average molecular weight is 535 g/mol. The Labute approximate surface area is 223 Å². The molecule has 9 heteroatoms. The number of nitrogens with zero attached hydrogens (tertiary/aromatic N) is 4. The second-order valence-corrected chi connectivity index (χ2v) is 11.6. The van der Waals surface area contributed by atoms with Gasteiger partial charge in [-0.05, 0) is 66.8 Å². The number of benzene rings is 2. The molecule has 6 nitrogen and oxygen atoms in total. The van der Waals surface area contributed by atoms with Gasteiger partial charge < -0.3 is 14.7 Å². The topological polar surface area (TPSA) is 71.4 Å². The van der Waals surface area contributed by atoms with Crippen LogP contribution in [0, 0.1) is 23.1 Å². The van der Waals surface area contributed by atoms with Crippen molar-refractivity contribution in [1.82, 2.24) is 15.0 Å². The fourth-order valence-corrected chi connectivity index (χ4v) is 6.45. The molecule has 1 aliphatic heterocycles. The van der Waals surface area contributed by atoms with Crippen LogP contribution in [0.3, 0.4) is 0 Å². The van der Waals surface area contributed by atoms with Gasteiger partial charge in [0.15, 0.2) is 5.82 Å². The van der Waals surface area contributed by atoms with Crippen LogP contribution in [0.4, 0.5) is 19.0 Å². The predicted octanol–water partition coefficient (Wildman–Crippen LogP) is 6.74.